The summed E-state index contributed by atoms with van der Waals surface area (Å²) in [6.45, 7) is 0.401. The standard InChI is InChI=1S/C22H26N3O15P3/c1-13-9-15(14-5-3-2-4-6-14)10-16(23-13)11-25-18(26)7-8-24(22(25)29)21-20(28)19(27)17(38-21)12-37-42(33,34)40-43(35,36)39-41(30,31)32/h2-10,17,19-21,27-28H,11-12H2,1H3,(H,33,34)(H,35,36)(H2,30,31,32)/t17-,19?,20?,21-/m1/s1. The fraction of sp³-hybridized carbons (Fsp3) is 0.318. The van der Waals surface area contributed by atoms with E-state index in [2.05, 4.69) is 18.1 Å². The molecule has 1 aliphatic rings. The molecule has 3 heterocycles. The second kappa shape index (κ2) is 12.8. The van der Waals surface area contributed by atoms with Crippen LogP contribution >= 0.6 is 23.5 Å². The van der Waals surface area contributed by atoms with Gasteiger partial charge in [-0.05, 0) is 30.2 Å². The molecule has 18 nitrogen and oxygen atoms in total. The highest BCUT2D eigenvalue weighted by Crippen LogP contribution is 2.66. The number of hydrogen-bond donors (Lipinski definition) is 6. The van der Waals surface area contributed by atoms with E-state index in [1.807, 2.05) is 36.4 Å². The molecule has 4 rings (SSSR count). The van der Waals surface area contributed by atoms with Gasteiger partial charge in [0.05, 0.1) is 18.8 Å². The normalized spacial score (nSPS) is 23.5. The molecule has 43 heavy (non-hydrogen) atoms. The Bertz CT molecular complexity index is 1740. The number of nitrogens with zero attached hydrogens (tertiary/aromatic N) is 3. The molecule has 1 saturated heterocycles. The SMILES string of the molecule is Cc1cc(-c2ccccc2)cc(Cn2c(=O)ccn([C@@H]3O[C@H](COP(=O)(O)OP(=O)(O)OP(=O)(O)O)C(O)C3O)c2=O)n1. The molecule has 1 aromatic carbocycles. The van der Waals surface area contributed by atoms with E-state index >= 15 is 0 Å². The van der Waals surface area contributed by atoms with Crippen LogP contribution in [0.2, 0.25) is 0 Å². The van der Waals surface area contributed by atoms with Crippen LogP contribution in [0, 0.1) is 6.92 Å². The largest absolute Gasteiger partial charge is 0.490 e. The van der Waals surface area contributed by atoms with Gasteiger partial charge < -0.3 is 34.5 Å². The topological polar surface area (TPSA) is 266 Å². The minimum atomic E-state index is -5.79. The number of benzene rings is 1. The molecule has 0 spiro atoms. The van der Waals surface area contributed by atoms with Crippen molar-refractivity contribution in [2.45, 2.75) is 38.0 Å². The van der Waals surface area contributed by atoms with Gasteiger partial charge >= 0.3 is 29.2 Å². The molecule has 1 fully saturated rings. The number of aliphatic hydroxyl groups excluding tert-OH is 2. The number of rotatable bonds is 11. The Morgan fingerprint density at radius 3 is 2.23 bits per heavy atom. The highest BCUT2D eigenvalue weighted by atomic mass is 31.3. The van der Waals surface area contributed by atoms with E-state index in [9.17, 15) is 43.3 Å². The summed E-state index contributed by atoms with van der Waals surface area (Å²) < 4.78 is 53.0. The van der Waals surface area contributed by atoms with Gasteiger partial charge in [-0.1, -0.05) is 30.3 Å². The number of hydrogen-bond acceptors (Lipinski definition) is 12. The zero-order chi connectivity index (χ0) is 31.7. The molecule has 1 aliphatic heterocycles. The van der Waals surface area contributed by atoms with Gasteiger partial charge in [0.1, 0.15) is 18.3 Å². The molecule has 6 atom stereocenters. The van der Waals surface area contributed by atoms with Crippen LogP contribution in [0.5, 0.6) is 0 Å². The third-order valence-electron chi connectivity index (χ3n) is 5.96. The molecule has 2 aromatic heterocycles. The Morgan fingerprint density at radius 1 is 0.907 bits per heavy atom. The first-order valence-electron chi connectivity index (χ1n) is 12.1. The minimum absolute atomic E-state index is 0.263. The Labute approximate surface area is 241 Å². The second-order valence-electron chi connectivity index (χ2n) is 9.22. The number of pyridine rings is 1. The Morgan fingerprint density at radius 2 is 1.58 bits per heavy atom. The number of aliphatic hydroxyl groups is 2. The maximum atomic E-state index is 13.3. The van der Waals surface area contributed by atoms with Crippen molar-refractivity contribution in [1.82, 2.24) is 14.1 Å². The smallest absolute Gasteiger partial charge is 0.387 e. The lowest BCUT2D eigenvalue weighted by Gasteiger charge is -2.19. The van der Waals surface area contributed by atoms with Crippen LogP contribution in [-0.2, 0) is 38.1 Å². The van der Waals surface area contributed by atoms with Crippen LogP contribution in [0.3, 0.4) is 0 Å². The summed E-state index contributed by atoms with van der Waals surface area (Å²) in [5.74, 6) is 0. The molecule has 0 radical (unpaired) electrons. The quantitative estimate of drug-likeness (QED) is 0.151. The lowest BCUT2D eigenvalue weighted by Crippen LogP contribution is -2.43. The maximum Gasteiger partial charge on any atom is 0.490 e. The van der Waals surface area contributed by atoms with Crippen molar-refractivity contribution in [3.63, 3.8) is 0 Å². The molecule has 0 aliphatic carbocycles. The van der Waals surface area contributed by atoms with E-state index in [4.69, 9.17) is 14.5 Å². The lowest BCUT2D eigenvalue weighted by molar-refractivity contribution is -0.0547. The second-order valence-corrected chi connectivity index (χ2v) is 13.6. The first kappa shape index (κ1) is 33.2. The van der Waals surface area contributed by atoms with Gasteiger partial charge in [-0.25, -0.2) is 18.5 Å². The van der Waals surface area contributed by atoms with Gasteiger partial charge in [-0.15, -0.1) is 0 Å². The average molecular weight is 665 g/mol. The van der Waals surface area contributed by atoms with E-state index in [0.717, 1.165) is 32.5 Å². The van der Waals surface area contributed by atoms with Crippen molar-refractivity contribution >= 4 is 23.5 Å². The predicted octanol–water partition coefficient (Wildman–Crippen LogP) is 0.391. The predicted molar refractivity (Wildman–Crippen MR) is 144 cm³/mol. The number of aryl methyl sites for hydroxylation is 1. The molecule has 0 bridgehead atoms. The average Bonchev–Trinajstić information content (AvgIpc) is 3.16. The first-order valence-corrected chi connectivity index (χ1v) is 16.6. The molecular weight excluding hydrogens is 639 g/mol. The van der Waals surface area contributed by atoms with Crippen molar-refractivity contribution in [3.05, 3.63) is 87.0 Å². The van der Waals surface area contributed by atoms with Crippen LogP contribution in [0.25, 0.3) is 11.1 Å². The van der Waals surface area contributed by atoms with Crippen LogP contribution in [-0.4, -0.2) is 68.8 Å². The van der Waals surface area contributed by atoms with Crippen molar-refractivity contribution in [3.8, 4) is 11.1 Å². The monoisotopic (exact) mass is 665 g/mol. The van der Waals surface area contributed by atoms with Crippen molar-refractivity contribution < 1.29 is 61.4 Å². The zero-order valence-corrected chi connectivity index (χ0v) is 24.6. The van der Waals surface area contributed by atoms with Gasteiger partial charge in [-0.3, -0.25) is 23.4 Å². The molecule has 6 N–H and O–H groups in total. The number of phosphoric ester groups is 1. The van der Waals surface area contributed by atoms with Crippen LogP contribution in [0.15, 0.2) is 64.3 Å². The van der Waals surface area contributed by atoms with Crippen LogP contribution < -0.4 is 11.2 Å². The van der Waals surface area contributed by atoms with Gasteiger partial charge in [-0.2, -0.15) is 8.62 Å². The first-order chi connectivity index (χ1) is 19.9. The van der Waals surface area contributed by atoms with E-state index in [1.54, 1.807) is 13.0 Å². The molecule has 234 valence electrons. The summed E-state index contributed by atoms with van der Waals surface area (Å²) in [6.07, 6.45) is -5.94. The van der Waals surface area contributed by atoms with Gasteiger partial charge in [0.15, 0.2) is 6.23 Å². The lowest BCUT2D eigenvalue weighted by atomic mass is 10.0. The molecular formula is C22H26N3O15P3. The van der Waals surface area contributed by atoms with Gasteiger partial charge in [0.2, 0.25) is 0 Å². The highest BCUT2D eigenvalue weighted by Gasteiger charge is 2.47. The molecule has 4 unspecified atom stereocenters. The summed E-state index contributed by atoms with van der Waals surface area (Å²) in [6, 6.07) is 13.9. The van der Waals surface area contributed by atoms with E-state index in [1.165, 1.54) is 0 Å². The Kier molecular flexibility index (Phi) is 9.86. The van der Waals surface area contributed by atoms with E-state index in [-0.39, 0.29) is 6.54 Å². The molecule has 0 amide bonds. The number of ether oxygens (including phenoxy) is 1. The Balaban J connectivity index is 1.52. The maximum absolute atomic E-state index is 13.3. The van der Waals surface area contributed by atoms with E-state index < -0.39 is 65.9 Å². The highest BCUT2D eigenvalue weighted by molar-refractivity contribution is 7.66. The fourth-order valence-electron chi connectivity index (χ4n) is 4.22. The summed E-state index contributed by atoms with van der Waals surface area (Å²) in [4.78, 5) is 66.5. The molecule has 0 saturated carbocycles. The third-order valence-corrected chi connectivity index (χ3v) is 9.76. The molecule has 3 aromatic rings. The summed E-state index contributed by atoms with van der Waals surface area (Å²) in [5.41, 5.74) is 1.01. The van der Waals surface area contributed by atoms with Crippen molar-refractivity contribution in [2.75, 3.05) is 6.61 Å². The zero-order valence-electron chi connectivity index (χ0n) is 22.0. The number of aromatic nitrogens is 3. The summed E-state index contributed by atoms with van der Waals surface area (Å²) in [5, 5.41) is 21.0. The minimum Gasteiger partial charge on any atom is -0.387 e. The molecule has 21 heteroatoms. The Hall–Kier alpha value is -2.66. The summed E-state index contributed by atoms with van der Waals surface area (Å²) in [7, 11) is -17.0. The summed E-state index contributed by atoms with van der Waals surface area (Å²) >= 11 is 0. The van der Waals surface area contributed by atoms with Gasteiger partial charge in [0, 0.05) is 18.0 Å². The van der Waals surface area contributed by atoms with Gasteiger partial charge in [0.25, 0.3) is 5.56 Å². The third kappa shape index (κ3) is 8.50. The van der Waals surface area contributed by atoms with Crippen molar-refractivity contribution in [1.29, 1.82) is 0 Å². The fourth-order valence-corrected chi connectivity index (χ4v) is 7.25. The van der Waals surface area contributed by atoms with E-state index in [0.29, 0.717) is 11.4 Å². The van der Waals surface area contributed by atoms with Crippen LogP contribution in [0.4, 0.5) is 0 Å². The van der Waals surface area contributed by atoms with Crippen LogP contribution in [0.1, 0.15) is 17.6 Å². The van der Waals surface area contributed by atoms with Crippen molar-refractivity contribution in [2.24, 2.45) is 0 Å². The number of phosphoric acid groups is 3.